The lowest BCUT2D eigenvalue weighted by molar-refractivity contribution is 0.886. The molecule has 0 amide bonds. The normalized spacial score (nSPS) is 11.1. The molecule has 9 rings (SSSR count). The molecular formula is C45H40N2. The highest BCUT2D eigenvalue weighted by atomic mass is 15.0. The first-order valence-electron chi connectivity index (χ1n) is 16.7. The van der Waals surface area contributed by atoms with E-state index in [0.29, 0.717) is 0 Å². The van der Waals surface area contributed by atoms with Gasteiger partial charge in [-0.1, -0.05) is 154 Å². The maximum Gasteiger partial charge on any atom is 0.0541 e. The molecule has 0 spiro atoms. The summed E-state index contributed by atoms with van der Waals surface area (Å²) in [6.45, 7) is 4.36. The number of rotatable bonds is 4. The Morgan fingerprint density at radius 1 is 0.404 bits per heavy atom. The third kappa shape index (κ3) is 5.21. The molecule has 2 nitrogen and oxygen atoms in total. The summed E-state index contributed by atoms with van der Waals surface area (Å²) in [5, 5.41) is 10.5. The number of nitrogens with zero attached hydrogens (tertiary/aromatic N) is 1. The number of para-hydroxylation sites is 2. The fourth-order valence-electron chi connectivity index (χ4n) is 6.91. The fourth-order valence-corrected chi connectivity index (χ4v) is 6.91. The highest BCUT2D eigenvalue weighted by molar-refractivity contribution is 6.27. The quantitative estimate of drug-likeness (QED) is 0.198. The third-order valence-electron chi connectivity index (χ3n) is 9.27. The van der Waals surface area contributed by atoms with Crippen molar-refractivity contribution in [1.82, 2.24) is 4.57 Å². The molecule has 0 aliphatic heterocycles. The Labute approximate surface area is 277 Å². The summed E-state index contributed by atoms with van der Waals surface area (Å²) in [5.74, 6) is 0. The molecule has 2 heteroatoms. The van der Waals surface area contributed by atoms with E-state index in [4.69, 9.17) is 0 Å². The number of unbranched alkanes of at least 4 members (excludes halogenated alkanes) is 1. The number of hydrogen-bond donors (Lipinski definition) is 1. The van der Waals surface area contributed by atoms with Crippen LogP contribution in [0.15, 0.2) is 152 Å². The number of benzene rings is 8. The van der Waals surface area contributed by atoms with Gasteiger partial charge in [-0.15, -0.1) is 0 Å². The second-order valence-corrected chi connectivity index (χ2v) is 11.9. The summed E-state index contributed by atoms with van der Waals surface area (Å²) in [4.78, 5) is 0. The van der Waals surface area contributed by atoms with Crippen LogP contribution in [-0.4, -0.2) is 11.6 Å². The van der Waals surface area contributed by atoms with Crippen molar-refractivity contribution in [1.29, 1.82) is 0 Å². The van der Waals surface area contributed by atoms with Gasteiger partial charge in [0.05, 0.1) is 11.0 Å². The molecule has 0 saturated heterocycles. The van der Waals surface area contributed by atoms with Crippen LogP contribution in [0.25, 0.3) is 82.1 Å². The molecule has 1 heterocycles. The van der Waals surface area contributed by atoms with Gasteiger partial charge in [0.1, 0.15) is 0 Å². The SMILES string of the molecule is CCCC.CN.c1ccc(-c2ccc3ccc4c(-c5ccc(-n6c7ccccc7c7ccccc76)cc5)ccc5ccc2c3c54)cc1. The summed E-state index contributed by atoms with van der Waals surface area (Å²) in [6, 6.07) is 55.5. The van der Waals surface area contributed by atoms with Crippen LogP contribution in [0, 0.1) is 0 Å². The predicted octanol–water partition coefficient (Wildman–Crippen LogP) is 12.4. The van der Waals surface area contributed by atoms with E-state index in [2.05, 4.69) is 176 Å². The number of hydrogen-bond acceptors (Lipinski definition) is 1. The van der Waals surface area contributed by atoms with Crippen molar-refractivity contribution in [3.8, 4) is 27.9 Å². The summed E-state index contributed by atoms with van der Waals surface area (Å²) < 4.78 is 2.38. The monoisotopic (exact) mass is 608 g/mol. The highest BCUT2D eigenvalue weighted by Gasteiger charge is 2.16. The van der Waals surface area contributed by atoms with Crippen molar-refractivity contribution < 1.29 is 0 Å². The summed E-state index contributed by atoms with van der Waals surface area (Å²) in [5.41, 5.74) is 13.2. The molecule has 0 unspecified atom stereocenters. The number of aromatic nitrogens is 1. The van der Waals surface area contributed by atoms with Gasteiger partial charge < -0.3 is 10.3 Å². The molecule has 1 aromatic heterocycles. The number of nitrogens with two attached hydrogens (primary N) is 1. The zero-order chi connectivity index (χ0) is 32.3. The Morgan fingerprint density at radius 2 is 0.830 bits per heavy atom. The van der Waals surface area contributed by atoms with Gasteiger partial charge in [0, 0.05) is 16.5 Å². The van der Waals surface area contributed by atoms with E-state index in [1.165, 1.54) is 102 Å². The molecule has 2 N–H and O–H groups in total. The smallest absolute Gasteiger partial charge is 0.0541 e. The average molecular weight is 609 g/mol. The van der Waals surface area contributed by atoms with Gasteiger partial charge in [-0.2, -0.15) is 0 Å². The summed E-state index contributed by atoms with van der Waals surface area (Å²) in [7, 11) is 1.50. The fraction of sp³-hybridized carbons (Fsp3) is 0.111. The lowest BCUT2D eigenvalue weighted by atomic mass is 9.87. The highest BCUT2D eigenvalue weighted by Crippen LogP contribution is 2.42. The predicted molar refractivity (Wildman–Crippen MR) is 206 cm³/mol. The van der Waals surface area contributed by atoms with Crippen LogP contribution in [0.2, 0.25) is 0 Å². The van der Waals surface area contributed by atoms with Crippen molar-refractivity contribution in [3.05, 3.63) is 152 Å². The minimum atomic E-state index is 1.18. The van der Waals surface area contributed by atoms with Crippen LogP contribution < -0.4 is 5.73 Å². The largest absolute Gasteiger partial charge is 0.333 e. The van der Waals surface area contributed by atoms with Crippen LogP contribution in [0.3, 0.4) is 0 Å². The Hall–Kier alpha value is -5.44. The Bertz CT molecular complexity index is 2380. The van der Waals surface area contributed by atoms with Crippen LogP contribution in [0.4, 0.5) is 0 Å². The van der Waals surface area contributed by atoms with Gasteiger partial charge in [0.15, 0.2) is 0 Å². The van der Waals surface area contributed by atoms with Gasteiger partial charge in [-0.3, -0.25) is 0 Å². The molecule has 47 heavy (non-hydrogen) atoms. The molecule has 0 atom stereocenters. The van der Waals surface area contributed by atoms with Gasteiger partial charge >= 0.3 is 0 Å². The molecule has 0 bridgehead atoms. The Balaban J connectivity index is 0.000000547. The Morgan fingerprint density at radius 3 is 1.32 bits per heavy atom. The van der Waals surface area contributed by atoms with Gasteiger partial charge in [0.25, 0.3) is 0 Å². The first-order chi connectivity index (χ1) is 23.3. The second kappa shape index (κ2) is 13.1. The van der Waals surface area contributed by atoms with Crippen molar-refractivity contribution in [3.63, 3.8) is 0 Å². The van der Waals surface area contributed by atoms with E-state index in [9.17, 15) is 0 Å². The third-order valence-corrected chi connectivity index (χ3v) is 9.27. The second-order valence-electron chi connectivity index (χ2n) is 11.9. The van der Waals surface area contributed by atoms with E-state index < -0.39 is 0 Å². The molecule has 230 valence electrons. The molecule has 0 saturated carbocycles. The molecular weight excluding hydrogens is 569 g/mol. The molecule has 0 aliphatic carbocycles. The van der Waals surface area contributed by atoms with E-state index in [-0.39, 0.29) is 0 Å². The standard InChI is InChI=1S/C40H25N.C4H10.CH5N/c1-2-8-26(9-3-1)31-22-16-28-19-25-36-32(23-17-29-18-24-35(31)39(28)40(29)36)27-14-20-30(21-15-27)41-37-12-6-4-10-33(37)34-11-5-7-13-38(34)41;1-3-4-2;1-2/h1-25H;3-4H2,1-2H3;2H2,1H3. The molecule has 8 aromatic carbocycles. The summed E-state index contributed by atoms with van der Waals surface area (Å²) in [6.07, 6.45) is 2.64. The molecule has 0 aliphatic rings. The first kappa shape index (κ1) is 30.2. The summed E-state index contributed by atoms with van der Waals surface area (Å²) >= 11 is 0. The van der Waals surface area contributed by atoms with Gasteiger partial charge in [0.2, 0.25) is 0 Å². The molecule has 0 radical (unpaired) electrons. The Kier molecular flexibility index (Phi) is 8.44. The molecule has 9 aromatic rings. The van der Waals surface area contributed by atoms with Gasteiger partial charge in [-0.25, -0.2) is 0 Å². The van der Waals surface area contributed by atoms with Crippen molar-refractivity contribution in [2.24, 2.45) is 5.73 Å². The van der Waals surface area contributed by atoms with Crippen molar-refractivity contribution in [2.75, 3.05) is 7.05 Å². The first-order valence-corrected chi connectivity index (χ1v) is 16.7. The van der Waals surface area contributed by atoms with Crippen molar-refractivity contribution >= 4 is 54.1 Å². The van der Waals surface area contributed by atoms with E-state index >= 15 is 0 Å². The van der Waals surface area contributed by atoms with Crippen molar-refractivity contribution in [2.45, 2.75) is 26.7 Å². The molecule has 0 fully saturated rings. The van der Waals surface area contributed by atoms with Crippen LogP contribution in [-0.2, 0) is 0 Å². The lowest BCUT2D eigenvalue weighted by Gasteiger charge is -2.17. The zero-order valence-corrected chi connectivity index (χ0v) is 27.4. The topological polar surface area (TPSA) is 30.9 Å². The minimum absolute atomic E-state index is 1.18. The van der Waals surface area contributed by atoms with E-state index in [0.717, 1.165) is 0 Å². The average Bonchev–Trinajstić information content (AvgIpc) is 3.49. The number of fused-ring (bicyclic) bond motifs is 3. The van der Waals surface area contributed by atoms with E-state index in [1.54, 1.807) is 0 Å². The lowest BCUT2D eigenvalue weighted by Crippen LogP contribution is -1.94. The minimum Gasteiger partial charge on any atom is -0.333 e. The van der Waals surface area contributed by atoms with E-state index in [1.807, 2.05) is 0 Å². The van der Waals surface area contributed by atoms with Crippen LogP contribution in [0.1, 0.15) is 26.7 Å². The van der Waals surface area contributed by atoms with Crippen LogP contribution in [0.5, 0.6) is 0 Å². The zero-order valence-electron chi connectivity index (χ0n) is 27.4. The van der Waals surface area contributed by atoms with Crippen LogP contribution >= 0.6 is 0 Å². The van der Waals surface area contributed by atoms with Gasteiger partial charge in [-0.05, 0) is 85.9 Å². The maximum absolute atomic E-state index is 4.50. The maximum atomic E-state index is 4.50.